The molecule has 0 aliphatic carbocycles. The summed E-state index contributed by atoms with van der Waals surface area (Å²) in [4.78, 5) is 14.2. The van der Waals surface area contributed by atoms with Gasteiger partial charge in [0.15, 0.2) is 5.82 Å². The van der Waals surface area contributed by atoms with Crippen LogP contribution >= 0.6 is 11.8 Å². The number of anilines is 1. The van der Waals surface area contributed by atoms with Crippen molar-refractivity contribution in [3.63, 3.8) is 0 Å². The predicted molar refractivity (Wildman–Crippen MR) is 82.2 cm³/mol. The van der Waals surface area contributed by atoms with E-state index < -0.39 is 0 Å². The molecule has 1 aromatic carbocycles. The van der Waals surface area contributed by atoms with Crippen LogP contribution in [0.5, 0.6) is 0 Å². The van der Waals surface area contributed by atoms with E-state index in [4.69, 9.17) is 4.84 Å². The van der Waals surface area contributed by atoms with E-state index in [1.165, 1.54) is 11.8 Å². The first-order chi connectivity index (χ1) is 10.3. The average molecular weight is 301 g/mol. The first-order valence-electron chi connectivity index (χ1n) is 6.46. The third kappa shape index (κ3) is 3.14. The van der Waals surface area contributed by atoms with Gasteiger partial charge in [0.1, 0.15) is 0 Å². The summed E-state index contributed by atoms with van der Waals surface area (Å²) in [5.41, 5.74) is 4.87. The number of aryl methyl sites for hydroxylation is 1. The lowest BCUT2D eigenvalue weighted by Crippen LogP contribution is -2.08. The van der Waals surface area contributed by atoms with Crippen LogP contribution < -0.4 is 5.48 Å². The SMILES string of the molecule is CSc1nc2nc(C)cc(NOCc3ccccc3)n2n1. The van der Waals surface area contributed by atoms with Gasteiger partial charge in [-0.05, 0) is 18.7 Å². The molecule has 0 aliphatic heterocycles. The van der Waals surface area contributed by atoms with Gasteiger partial charge in [-0.15, -0.1) is 5.10 Å². The summed E-state index contributed by atoms with van der Waals surface area (Å²) in [5, 5.41) is 5.04. The summed E-state index contributed by atoms with van der Waals surface area (Å²) in [6.07, 6.45) is 1.93. The Labute approximate surface area is 126 Å². The second kappa shape index (κ2) is 6.11. The fourth-order valence-corrected chi connectivity index (χ4v) is 2.23. The summed E-state index contributed by atoms with van der Waals surface area (Å²) in [6, 6.07) is 11.8. The zero-order valence-electron chi connectivity index (χ0n) is 11.8. The van der Waals surface area contributed by atoms with Crippen LogP contribution in [-0.2, 0) is 11.4 Å². The third-order valence-corrected chi connectivity index (χ3v) is 3.40. The molecule has 7 heteroatoms. The Morgan fingerprint density at radius 3 is 2.81 bits per heavy atom. The van der Waals surface area contributed by atoms with E-state index in [2.05, 4.69) is 20.5 Å². The van der Waals surface area contributed by atoms with E-state index in [1.807, 2.05) is 49.6 Å². The molecule has 6 nitrogen and oxygen atoms in total. The summed E-state index contributed by atoms with van der Waals surface area (Å²) in [5.74, 6) is 1.27. The highest BCUT2D eigenvalue weighted by molar-refractivity contribution is 7.98. The van der Waals surface area contributed by atoms with Gasteiger partial charge >= 0.3 is 0 Å². The van der Waals surface area contributed by atoms with Gasteiger partial charge in [-0.25, -0.2) is 10.5 Å². The standard InChI is InChI=1S/C14H15N5OS/c1-10-8-12(18-20-9-11-6-4-3-5-7-11)19-13(15-10)16-14(17-19)21-2/h3-8,18H,9H2,1-2H3. The number of thioether (sulfide) groups is 1. The molecule has 0 unspecified atom stereocenters. The number of aromatic nitrogens is 4. The van der Waals surface area contributed by atoms with Crippen LogP contribution in [0.4, 0.5) is 5.82 Å². The quantitative estimate of drug-likeness (QED) is 0.577. The maximum atomic E-state index is 5.54. The molecule has 108 valence electrons. The molecule has 0 saturated carbocycles. The van der Waals surface area contributed by atoms with Crippen LogP contribution in [-0.4, -0.2) is 25.8 Å². The third-order valence-electron chi connectivity index (χ3n) is 2.86. The summed E-state index contributed by atoms with van der Waals surface area (Å²) >= 11 is 1.48. The number of benzene rings is 1. The maximum absolute atomic E-state index is 5.54. The molecule has 0 atom stereocenters. The first-order valence-corrected chi connectivity index (χ1v) is 7.69. The topological polar surface area (TPSA) is 64.3 Å². The van der Waals surface area contributed by atoms with Crippen LogP contribution in [0.15, 0.2) is 41.6 Å². The number of fused-ring (bicyclic) bond motifs is 1. The average Bonchev–Trinajstić information content (AvgIpc) is 2.91. The lowest BCUT2D eigenvalue weighted by molar-refractivity contribution is 0.178. The minimum atomic E-state index is 0.466. The summed E-state index contributed by atoms with van der Waals surface area (Å²) in [6.45, 7) is 2.38. The minimum absolute atomic E-state index is 0.466. The Hall–Kier alpha value is -2.12. The minimum Gasteiger partial charge on any atom is -0.270 e. The van der Waals surface area contributed by atoms with Crippen LogP contribution in [0.2, 0.25) is 0 Å². The molecule has 0 amide bonds. The lowest BCUT2D eigenvalue weighted by Gasteiger charge is -2.08. The molecule has 0 aliphatic rings. The molecule has 3 rings (SSSR count). The maximum Gasteiger partial charge on any atom is 0.255 e. The number of hydrogen-bond donors (Lipinski definition) is 1. The number of nitrogens with zero attached hydrogens (tertiary/aromatic N) is 4. The summed E-state index contributed by atoms with van der Waals surface area (Å²) < 4.78 is 1.64. The van der Waals surface area contributed by atoms with E-state index in [9.17, 15) is 0 Å². The van der Waals surface area contributed by atoms with Gasteiger partial charge in [-0.1, -0.05) is 42.1 Å². The highest BCUT2D eigenvalue weighted by Crippen LogP contribution is 2.16. The molecule has 2 aromatic heterocycles. The van der Waals surface area contributed by atoms with Crippen LogP contribution in [0.3, 0.4) is 0 Å². The molecule has 3 aromatic rings. The van der Waals surface area contributed by atoms with Gasteiger partial charge in [-0.2, -0.15) is 9.50 Å². The van der Waals surface area contributed by atoms with Crippen molar-refractivity contribution in [2.45, 2.75) is 18.7 Å². The second-order valence-corrected chi connectivity index (χ2v) is 5.24. The van der Waals surface area contributed by atoms with E-state index in [0.29, 0.717) is 23.4 Å². The van der Waals surface area contributed by atoms with Gasteiger partial charge in [0.25, 0.3) is 5.78 Å². The zero-order chi connectivity index (χ0) is 14.7. The molecule has 0 fully saturated rings. The van der Waals surface area contributed by atoms with Crippen LogP contribution in [0.25, 0.3) is 5.78 Å². The van der Waals surface area contributed by atoms with Crippen molar-refractivity contribution >= 4 is 23.4 Å². The monoisotopic (exact) mass is 301 g/mol. The van der Waals surface area contributed by atoms with Crippen molar-refractivity contribution in [1.82, 2.24) is 19.6 Å². The van der Waals surface area contributed by atoms with E-state index in [0.717, 1.165) is 11.3 Å². The van der Waals surface area contributed by atoms with E-state index in [-0.39, 0.29) is 0 Å². The van der Waals surface area contributed by atoms with Crippen molar-refractivity contribution in [3.05, 3.63) is 47.7 Å². The molecule has 0 bridgehead atoms. The van der Waals surface area contributed by atoms with Gasteiger partial charge in [0, 0.05) is 11.8 Å². The fourth-order valence-electron chi connectivity index (χ4n) is 1.90. The van der Waals surface area contributed by atoms with E-state index in [1.54, 1.807) is 4.52 Å². The Morgan fingerprint density at radius 1 is 1.24 bits per heavy atom. The smallest absolute Gasteiger partial charge is 0.255 e. The highest BCUT2D eigenvalue weighted by atomic mass is 32.2. The normalized spacial score (nSPS) is 11.0. The van der Waals surface area contributed by atoms with Crippen molar-refractivity contribution in [3.8, 4) is 0 Å². The van der Waals surface area contributed by atoms with Crippen molar-refractivity contribution < 1.29 is 4.84 Å². The second-order valence-electron chi connectivity index (χ2n) is 4.47. The van der Waals surface area contributed by atoms with Crippen LogP contribution in [0, 0.1) is 6.92 Å². The lowest BCUT2D eigenvalue weighted by atomic mass is 10.2. The molecule has 1 N–H and O–H groups in total. The molecule has 21 heavy (non-hydrogen) atoms. The van der Waals surface area contributed by atoms with Gasteiger partial charge in [-0.3, -0.25) is 4.84 Å². The number of rotatable bonds is 5. The largest absolute Gasteiger partial charge is 0.270 e. The fraction of sp³-hybridized carbons (Fsp3) is 0.214. The first kappa shape index (κ1) is 13.8. The zero-order valence-corrected chi connectivity index (χ0v) is 12.6. The Balaban J connectivity index is 1.78. The Kier molecular flexibility index (Phi) is 4.03. The molecule has 0 radical (unpaired) electrons. The van der Waals surface area contributed by atoms with Crippen LogP contribution in [0.1, 0.15) is 11.3 Å². The molecule has 0 saturated heterocycles. The Bertz CT molecular complexity index is 744. The van der Waals surface area contributed by atoms with Gasteiger partial charge < -0.3 is 0 Å². The van der Waals surface area contributed by atoms with Crippen molar-refractivity contribution in [2.75, 3.05) is 11.7 Å². The van der Waals surface area contributed by atoms with Crippen molar-refractivity contribution in [1.29, 1.82) is 0 Å². The molecule has 0 spiro atoms. The Morgan fingerprint density at radius 2 is 2.05 bits per heavy atom. The predicted octanol–water partition coefficient (Wildman–Crippen LogP) is 2.70. The molecular formula is C14H15N5OS. The molecular weight excluding hydrogens is 286 g/mol. The number of hydrogen-bond acceptors (Lipinski definition) is 6. The van der Waals surface area contributed by atoms with Crippen molar-refractivity contribution in [2.24, 2.45) is 0 Å². The highest BCUT2D eigenvalue weighted by Gasteiger charge is 2.09. The van der Waals surface area contributed by atoms with E-state index >= 15 is 0 Å². The van der Waals surface area contributed by atoms with Gasteiger partial charge in [0.2, 0.25) is 5.16 Å². The number of nitrogens with one attached hydrogen (secondary N) is 1. The summed E-state index contributed by atoms with van der Waals surface area (Å²) in [7, 11) is 0. The van der Waals surface area contributed by atoms with Gasteiger partial charge in [0.05, 0.1) is 6.61 Å². The molecule has 2 heterocycles.